The highest BCUT2D eigenvalue weighted by Crippen LogP contribution is 2.37. The van der Waals surface area contributed by atoms with Crippen molar-refractivity contribution in [3.63, 3.8) is 0 Å². The third kappa shape index (κ3) is 3.39. The number of aromatic nitrogens is 1. The number of nitrogens with one attached hydrogen (secondary N) is 1. The van der Waals surface area contributed by atoms with E-state index in [9.17, 15) is 4.79 Å². The lowest BCUT2D eigenvalue weighted by Crippen LogP contribution is -2.14. The molecule has 0 aliphatic heterocycles. The zero-order valence-electron chi connectivity index (χ0n) is 14.7. The van der Waals surface area contributed by atoms with Crippen LogP contribution >= 0.6 is 11.8 Å². The quantitative estimate of drug-likeness (QED) is 0.643. The summed E-state index contributed by atoms with van der Waals surface area (Å²) in [6, 6.07) is 11.5. The molecule has 1 aromatic heterocycles. The topological polar surface area (TPSA) is 86.5 Å². The molecule has 0 saturated heterocycles. The average molecular weight is 369 g/mol. The van der Waals surface area contributed by atoms with Crippen molar-refractivity contribution in [2.24, 2.45) is 5.73 Å². The summed E-state index contributed by atoms with van der Waals surface area (Å²) in [7, 11) is 3.12. The maximum atomic E-state index is 11.9. The number of nitrogens with zero attached hydrogens (tertiary/aromatic N) is 1. The van der Waals surface area contributed by atoms with Crippen molar-refractivity contribution < 1.29 is 14.3 Å². The molecule has 0 fully saturated rings. The zero-order valence-corrected chi connectivity index (χ0v) is 15.5. The second-order valence-electron chi connectivity index (χ2n) is 5.49. The summed E-state index contributed by atoms with van der Waals surface area (Å²) in [5, 5.41) is 4.01. The fraction of sp³-hybridized carbons (Fsp3) is 0.158. The molecule has 7 heteroatoms. The van der Waals surface area contributed by atoms with Gasteiger partial charge in [-0.3, -0.25) is 9.78 Å². The normalized spacial score (nSPS) is 10.6. The van der Waals surface area contributed by atoms with Gasteiger partial charge in [-0.15, -0.1) is 11.8 Å². The van der Waals surface area contributed by atoms with Crippen molar-refractivity contribution in [2.75, 3.05) is 25.8 Å². The predicted molar refractivity (Wildman–Crippen MR) is 105 cm³/mol. The molecule has 0 bridgehead atoms. The van der Waals surface area contributed by atoms with Crippen molar-refractivity contribution in [2.45, 2.75) is 4.90 Å². The number of methoxy groups -OCH3 is 2. The molecule has 0 aliphatic rings. The van der Waals surface area contributed by atoms with Crippen LogP contribution in [0.1, 0.15) is 10.4 Å². The van der Waals surface area contributed by atoms with Gasteiger partial charge in [-0.2, -0.15) is 0 Å². The van der Waals surface area contributed by atoms with E-state index in [0.717, 1.165) is 10.6 Å². The van der Waals surface area contributed by atoms with E-state index < -0.39 is 5.91 Å². The zero-order chi connectivity index (χ0) is 18.7. The van der Waals surface area contributed by atoms with Gasteiger partial charge in [-0.25, -0.2) is 0 Å². The van der Waals surface area contributed by atoms with Crippen LogP contribution < -0.4 is 20.5 Å². The Bertz CT molecular complexity index is 958. The van der Waals surface area contributed by atoms with E-state index in [1.807, 2.05) is 30.5 Å². The molecule has 26 heavy (non-hydrogen) atoms. The van der Waals surface area contributed by atoms with E-state index in [1.165, 1.54) is 6.20 Å². The number of nitrogens with two attached hydrogens (primary N) is 1. The Kier molecular flexibility index (Phi) is 5.18. The molecule has 3 aromatic rings. The van der Waals surface area contributed by atoms with Crippen molar-refractivity contribution in [3.05, 3.63) is 48.2 Å². The average Bonchev–Trinajstić information content (AvgIpc) is 2.67. The number of benzene rings is 2. The summed E-state index contributed by atoms with van der Waals surface area (Å²) < 4.78 is 10.7. The molecular formula is C19H19N3O3S. The Morgan fingerprint density at radius 3 is 2.35 bits per heavy atom. The molecule has 0 unspecified atom stereocenters. The van der Waals surface area contributed by atoms with Gasteiger partial charge in [0.05, 0.1) is 31.0 Å². The van der Waals surface area contributed by atoms with Crippen LogP contribution in [0.25, 0.3) is 10.9 Å². The third-order valence-corrected chi connectivity index (χ3v) is 4.74. The Morgan fingerprint density at radius 2 is 1.77 bits per heavy atom. The molecule has 3 rings (SSSR count). The molecular weight excluding hydrogens is 350 g/mol. The lowest BCUT2D eigenvalue weighted by atomic mass is 10.1. The van der Waals surface area contributed by atoms with E-state index in [2.05, 4.69) is 10.3 Å². The van der Waals surface area contributed by atoms with Crippen molar-refractivity contribution >= 4 is 39.9 Å². The number of anilines is 2. The summed E-state index contributed by atoms with van der Waals surface area (Å²) >= 11 is 1.66. The van der Waals surface area contributed by atoms with Gasteiger partial charge in [-0.05, 0) is 36.6 Å². The maximum Gasteiger partial charge on any atom is 0.252 e. The fourth-order valence-electron chi connectivity index (χ4n) is 2.66. The number of primary amides is 1. The van der Waals surface area contributed by atoms with E-state index in [0.29, 0.717) is 33.7 Å². The first-order valence-electron chi connectivity index (χ1n) is 7.83. The molecule has 2 aromatic carbocycles. The number of hydrogen-bond acceptors (Lipinski definition) is 6. The van der Waals surface area contributed by atoms with Gasteiger partial charge in [0.15, 0.2) is 11.5 Å². The van der Waals surface area contributed by atoms with Crippen LogP contribution in [0.3, 0.4) is 0 Å². The predicted octanol–water partition coefficient (Wildman–Crippen LogP) is 3.82. The van der Waals surface area contributed by atoms with E-state index >= 15 is 0 Å². The van der Waals surface area contributed by atoms with Crippen LogP contribution in [0.4, 0.5) is 11.4 Å². The van der Waals surface area contributed by atoms with Gasteiger partial charge in [0, 0.05) is 28.2 Å². The number of carbonyl (C=O) groups is 1. The Hall–Kier alpha value is -2.93. The van der Waals surface area contributed by atoms with Gasteiger partial charge >= 0.3 is 0 Å². The molecule has 6 nitrogen and oxygen atoms in total. The second kappa shape index (κ2) is 7.53. The minimum absolute atomic E-state index is 0.304. The first kappa shape index (κ1) is 17.9. The second-order valence-corrected chi connectivity index (χ2v) is 6.37. The number of ether oxygens (including phenoxy) is 2. The molecule has 1 heterocycles. The van der Waals surface area contributed by atoms with Crippen LogP contribution in [0.5, 0.6) is 11.5 Å². The minimum atomic E-state index is -0.558. The number of rotatable bonds is 6. The molecule has 1 amide bonds. The molecule has 0 spiro atoms. The SMILES string of the molecule is COc1cc2ncc(C(N)=O)c(Nc3ccc(SC)cc3)c2cc1OC. The summed E-state index contributed by atoms with van der Waals surface area (Å²) in [5.74, 6) is 0.552. The highest BCUT2D eigenvalue weighted by Gasteiger charge is 2.16. The number of pyridine rings is 1. The van der Waals surface area contributed by atoms with E-state index in [4.69, 9.17) is 15.2 Å². The molecule has 0 atom stereocenters. The van der Waals surface area contributed by atoms with Gasteiger partial charge in [0.2, 0.25) is 0 Å². The molecule has 0 aliphatic carbocycles. The van der Waals surface area contributed by atoms with E-state index in [1.54, 1.807) is 38.1 Å². The molecule has 3 N–H and O–H groups in total. The van der Waals surface area contributed by atoms with Gasteiger partial charge in [0.25, 0.3) is 5.91 Å². The summed E-state index contributed by atoms with van der Waals surface area (Å²) in [5.41, 5.74) is 7.94. The van der Waals surface area contributed by atoms with Gasteiger partial charge in [0.1, 0.15) is 0 Å². The first-order valence-corrected chi connectivity index (χ1v) is 9.05. The Morgan fingerprint density at radius 1 is 1.12 bits per heavy atom. The van der Waals surface area contributed by atoms with Crippen LogP contribution in [-0.4, -0.2) is 31.4 Å². The standard InChI is InChI=1S/C19H19N3O3S/c1-24-16-8-13-15(9-17(16)25-2)21-10-14(19(20)23)18(13)22-11-4-6-12(26-3)7-5-11/h4-10H,1-3H3,(H2,20,23)(H,21,22). The van der Waals surface area contributed by atoms with Crippen LogP contribution in [0.2, 0.25) is 0 Å². The lowest BCUT2D eigenvalue weighted by molar-refractivity contribution is 0.100. The molecule has 0 radical (unpaired) electrons. The first-order chi connectivity index (χ1) is 12.6. The highest BCUT2D eigenvalue weighted by molar-refractivity contribution is 7.98. The maximum absolute atomic E-state index is 11.9. The lowest BCUT2D eigenvalue weighted by Gasteiger charge is -2.15. The highest BCUT2D eigenvalue weighted by atomic mass is 32.2. The van der Waals surface area contributed by atoms with Crippen molar-refractivity contribution in [1.29, 1.82) is 0 Å². The minimum Gasteiger partial charge on any atom is -0.493 e. The summed E-state index contributed by atoms with van der Waals surface area (Å²) in [6.07, 6.45) is 3.48. The number of amides is 1. The summed E-state index contributed by atoms with van der Waals surface area (Å²) in [4.78, 5) is 17.4. The largest absolute Gasteiger partial charge is 0.493 e. The van der Waals surface area contributed by atoms with Gasteiger partial charge in [-0.1, -0.05) is 0 Å². The smallest absolute Gasteiger partial charge is 0.252 e. The van der Waals surface area contributed by atoms with Crippen LogP contribution in [0, 0.1) is 0 Å². The van der Waals surface area contributed by atoms with Gasteiger partial charge < -0.3 is 20.5 Å². The van der Waals surface area contributed by atoms with Crippen LogP contribution in [-0.2, 0) is 0 Å². The number of fused-ring (bicyclic) bond motifs is 1. The van der Waals surface area contributed by atoms with Crippen molar-refractivity contribution in [3.8, 4) is 11.5 Å². The number of hydrogen-bond donors (Lipinski definition) is 2. The molecule has 0 saturated carbocycles. The monoisotopic (exact) mass is 369 g/mol. The summed E-state index contributed by atoms with van der Waals surface area (Å²) in [6.45, 7) is 0. The molecule has 134 valence electrons. The van der Waals surface area contributed by atoms with E-state index in [-0.39, 0.29) is 0 Å². The third-order valence-electron chi connectivity index (χ3n) is 4.00. The Balaban J connectivity index is 2.18. The Labute approximate surface area is 155 Å². The number of thioether (sulfide) groups is 1. The van der Waals surface area contributed by atoms with Crippen molar-refractivity contribution in [1.82, 2.24) is 4.98 Å². The number of carbonyl (C=O) groups excluding carboxylic acids is 1. The fourth-order valence-corrected chi connectivity index (χ4v) is 3.07. The van der Waals surface area contributed by atoms with Crippen LogP contribution in [0.15, 0.2) is 47.5 Å².